The summed E-state index contributed by atoms with van der Waals surface area (Å²) in [5.74, 6) is 1.03. The number of carbonyl (C=O) groups is 2. The summed E-state index contributed by atoms with van der Waals surface area (Å²) in [7, 11) is 19.5. The third-order valence-corrected chi connectivity index (χ3v) is 3.90. The van der Waals surface area contributed by atoms with Crippen LogP contribution >= 0.6 is 37.7 Å². The Morgan fingerprint density at radius 3 is 1.17 bits per heavy atom. The van der Waals surface area contributed by atoms with Crippen LogP contribution in [0.2, 0.25) is 0 Å². The Labute approximate surface area is 244 Å². The summed E-state index contributed by atoms with van der Waals surface area (Å²) in [6.45, 7) is 9.65. The maximum atomic E-state index is 10.2. The summed E-state index contributed by atoms with van der Waals surface area (Å²) in [6.07, 6.45) is 6.02. The van der Waals surface area contributed by atoms with E-state index in [9.17, 15) is 9.59 Å². The van der Waals surface area contributed by atoms with Gasteiger partial charge in [-0.3, -0.25) is 0 Å². The summed E-state index contributed by atoms with van der Waals surface area (Å²) >= 11 is -0.944. The molecule has 0 saturated heterocycles. The molecule has 0 radical (unpaired) electrons. The number of hydrogen-bond acceptors (Lipinski definition) is 2. The molecule has 16 N–H and O–H groups in total. The fraction of sp³-hybridized carbons (Fsp3) is 0.882. The van der Waals surface area contributed by atoms with Gasteiger partial charge in [-0.15, -0.1) is 0 Å². The molecule has 2 amide bonds. The minimum absolute atomic E-state index is 0. The molecule has 35 heavy (non-hydrogen) atoms. The minimum atomic E-state index is -0.917. The monoisotopic (exact) mass is 962 g/mol. The van der Waals surface area contributed by atoms with E-state index < -0.39 is 45.1 Å². The third-order valence-electron chi connectivity index (χ3n) is 3.90. The zero-order valence-corrected chi connectivity index (χ0v) is 28.3. The van der Waals surface area contributed by atoms with Gasteiger partial charge in [-0.1, -0.05) is 59.8 Å². The van der Waals surface area contributed by atoms with Gasteiger partial charge in [0.2, 0.25) is 0 Å². The van der Waals surface area contributed by atoms with Crippen molar-refractivity contribution >= 4 is 49.9 Å². The van der Waals surface area contributed by atoms with Crippen molar-refractivity contribution in [2.75, 3.05) is 13.1 Å². The van der Waals surface area contributed by atoms with E-state index in [4.69, 9.17) is 47.9 Å². The second-order valence-corrected chi connectivity index (χ2v) is 12.5. The molecule has 0 saturated carbocycles. The van der Waals surface area contributed by atoms with Gasteiger partial charge in [0, 0.05) is 13.1 Å². The molecule has 0 aliphatic rings. The van der Waals surface area contributed by atoms with Crippen LogP contribution in [0.25, 0.3) is 24.6 Å². The first kappa shape index (κ1) is 65.2. The molecular weight excluding hydrogens is 916 g/mol. The Kier molecular flexibility index (Phi) is 111. The fourth-order valence-electron chi connectivity index (χ4n) is 2.27. The van der Waals surface area contributed by atoms with Gasteiger partial charge in [0.1, 0.15) is 0 Å². The molecule has 0 aliphatic heterocycles. The van der Waals surface area contributed by atoms with Gasteiger partial charge in [-0.25, -0.2) is 9.59 Å². The van der Waals surface area contributed by atoms with Crippen LogP contribution in [-0.2, 0) is 33.0 Å². The Morgan fingerprint density at radius 1 is 0.686 bits per heavy atom. The maximum absolute atomic E-state index is 10.2. The number of nitrogens with two attached hydrogens (primary N) is 4. The summed E-state index contributed by atoms with van der Waals surface area (Å²) in [5.41, 5.74) is 0. The Morgan fingerprint density at radius 2 is 0.971 bits per heavy atom. The number of halogens is 4. The normalized spacial score (nSPS) is 9.49. The molecule has 0 rings (SSSR count). The summed E-state index contributed by atoms with van der Waals surface area (Å²) < 4.78 is 0. The minimum Gasteiger partial charge on any atom is -0.693 e. The van der Waals surface area contributed by atoms with Crippen LogP contribution in [0.15, 0.2) is 0 Å². The molecule has 0 spiro atoms. The van der Waals surface area contributed by atoms with E-state index >= 15 is 0 Å². The van der Waals surface area contributed by atoms with Crippen LogP contribution in [0.5, 0.6) is 0 Å². The Bertz CT molecular complexity index is 366. The van der Waals surface area contributed by atoms with Crippen molar-refractivity contribution in [2.45, 2.75) is 72.6 Å². The SMILES string of the molecule is CCCC(CC)CNC(=O)O.CCCCC(CC)CNC(=O)O.O.O.[Cl][Pt+2][Cl].[Cl][Pt+2][Cl].[NH2-].[NH2-].[NH2-].[NH2-]. The smallest absolute Gasteiger partial charge is 0.693 e. The maximum Gasteiger partial charge on any atom is -0.693 e. The van der Waals surface area contributed by atoms with Crippen molar-refractivity contribution < 1.29 is 63.7 Å². The first-order valence-corrected chi connectivity index (χ1v) is 20.6. The second-order valence-electron chi connectivity index (χ2n) is 5.94. The van der Waals surface area contributed by atoms with Crippen LogP contribution < -0.4 is 10.6 Å². The van der Waals surface area contributed by atoms with E-state index in [0.29, 0.717) is 24.9 Å². The molecular formula is C17H48Cl4N6O6Pt2. The van der Waals surface area contributed by atoms with Crippen LogP contribution in [-0.4, -0.2) is 46.4 Å². The van der Waals surface area contributed by atoms with E-state index in [1.54, 1.807) is 0 Å². The molecule has 230 valence electrons. The predicted octanol–water partition coefficient (Wildman–Crippen LogP) is 8.52. The van der Waals surface area contributed by atoms with Gasteiger partial charge in [0.25, 0.3) is 0 Å². The van der Waals surface area contributed by atoms with Crippen molar-refractivity contribution in [1.29, 1.82) is 0 Å². The second kappa shape index (κ2) is 59.8. The summed E-state index contributed by atoms with van der Waals surface area (Å²) in [5, 5.41) is 21.5. The van der Waals surface area contributed by atoms with Crippen LogP contribution in [0, 0.1) is 11.8 Å². The molecule has 0 fully saturated rings. The van der Waals surface area contributed by atoms with Crippen LogP contribution in [0.1, 0.15) is 72.6 Å². The molecule has 2 atom stereocenters. The van der Waals surface area contributed by atoms with E-state index in [1.165, 1.54) is 12.8 Å². The topological polar surface area (TPSA) is 296 Å². The number of nitrogens with one attached hydrogen (secondary N) is 2. The zero-order valence-electron chi connectivity index (χ0n) is 20.7. The largest absolute Gasteiger partial charge is 0.693 e. The predicted molar refractivity (Wildman–Crippen MR) is 146 cm³/mol. The van der Waals surface area contributed by atoms with E-state index in [2.05, 4.69) is 38.3 Å². The number of unbranched alkanes of at least 4 members (excludes halogenated alkanes) is 1. The van der Waals surface area contributed by atoms with E-state index in [1.807, 2.05) is 0 Å². The van der Waals surface area contributed by atoms with Gasteiger partial charge < -0.3 is 56.4 Å². The molecule has 0 aliphatic carbocycles. The van der Waals surface area contributed by atoms with Crippen LogP contribution in [0.3, 0.4) is 0 Å². The summed E-state index contributed by atoms with van der Waals surface area (Å²) in [6, 6.07) is 0. The average Bonchev–Trinajstić information content (AvgIpc) is 2.67. The van der Waals surface area contributed by atoms with Gasteiger partial charge in [0.15, 0.2) is 0 Å². The average molecular weight is 965 g/mol. The van der Waals surface area contributed by atoms with Gasteiger partial charge >= 0.3 is 82.8 Å². The van der Waals surface area contributed by atoms with Crippen molar-refractivity contribution in [2.24, 2.45) is 11.8 Å². The van der Waals surface area contributed by atoms with Gasteiger partial charge in [-0.05, 0) is 24.7 Å². The molecule has 0 aromatic carbocycles. The molecule has 12 nitrogen and oxygen atoms in total. The number of amides is 2. The number of hydrogen-bond donors (Lipinski definition) is 4. The molecule has 0 aromatic rings. The summed E-state index contributed by atoms with van der Waals surface area (Å²) in [4.78, 5) is 20.3. The van der Waals surface area contributed by atoms with Crippen LogP contribution in [0.4, 0.5) is 9.59 Å². The first-order valence-electron chi connectivity index (χ1n) is 9.32. The quantitative estimate of drug-likeness (QED) is 0.158. The zero-order chi connectivity index (χ0) is 23.5. The molecule has 0 aromatic heterocycles. The Balaban J connectivity index is -0.0000000319. The first-order chi connectivity index (χ1) is 13.7. The van der Waals surface area contributed by atoms with Crippen molar-refractivity contribution in [3.05, 3.63) is 24.6 Å². The Hall–Kier alpha value is 0.837. The van der Waals surface area contributed by atoms with Gasteiger partial charge in [0.05, 0.1) is 0 Å². The van der Waals surface area contributed by atoms with Crippen molar-refractivity contribution in [3.8, 4) is 0 Å². The third kappa shape index (κ3) is 78.8. The molecule has 0 bridgehead atoms. The molecule has 18 heteroatoms. The van der Waals surface area contributed by atoms with Gasteiger partial charge in [-0.2, -0.15) is 0 Å². The molecule has 0 heterocycles. The van der Waals surface area contributed by atoms with Crippen molar-refractivity contribution in [3.63, 3.8) is 0 Å². The number of carboxylic acid groups (broad SMARTS) is 2. The van der Waals surface area contributed by atoms with Crippen molar-refractivity contribution in [1.82, 2.24) is 10.6 Å². The number of rotatable bonds is 11. The molecule has 2 unspecified atom stereocenters. The standard InChI is InChI=1S/C9H19NO2.C8H17NO2.4ClH.4H2N.2H2O.2Pt/c1-3-5-6-8(4-2)7-10-9(11)12;1-3-5-7(4-2)6-9-8(10)11;;;;;;;;;;;;/h8,10H,3-7H2,1-2H3,(H,11,12);7,9H,3-6H2,1-2H3,(H,10,11);4*1H;6*1H2;;/q;;;;;;4*-1;;;2*+4/p-4. The van der Waals surface area contributed by atoms with E-state index in [0.717, 1.165) is 32.1 Å². The fourth-order valence-corrected chi connectivity index (χ4v) is 2.27. The van der Waals surface area contributed by atoms with E-state index in [-0.39, 0.29) is 35.6 Å².